The van der Waals surface area contributed by atoms with E-state index >= 15 is 0 Å². The number of fused-ring (bicyclic) bond motifs is 1. The van der Waals surface area contributed by atoms with Gasteiger partial charge in [-0.2, -0.15) is 5.26 Å². The Hall–Kier alpha value is -1.49. The number of aryl methyl sites for hydroxylation is 1. The molecule has 0 atom stereocenters. The Kier molecular flexibility index (Phi) is 3.68. The maximum absolute atomic E-state index is 8.83. The Balaban J connectivity index is 2.24. The van der Waals surface area contributed by atoms with E-state index in [0.717, 1.165) is 19.4 Å². The summed E-state index contributed by atoms with van der Waals surface area (Å²) in [6.45, 7) is 6.03. The van der Waals surface area contributed by atoms with Gasteiger partial charge in [0, 0.05) is 12.2 Å². The normalized spacial score (nSPS) is 14.6. The molecule has 0 spiro atoms. The molecule has 0 aromatic heterocycles. The molecule has 0 saturated heterocycles. The standard InChI is InChI=1S/C15H20N2/c1-12(2)10-13-5-6-15-14(11-13)4-3-8-17(15)9-7-16/h5-6,11-12H,3-4,8-10H2,1-2H3. The maximum atomic E-state index is 8.83. The molecule has 0 fully saturated rings. The average Bonchev–Trinajstić information content (AvgIpc) is 2.28. The quantitative estimate of drug-likeness (QED) is 0.743. The Bertz CT molecular complexity index is 429. The van der Waals surface area contributed by atoms with Crippen LogP contribution in [-0.2, 0) is 12.8 Å². The molecule has 1 heterocycles. The molecule has 0 saturated carbocycles. The molecular formula is C15H20N2. The third-order valence-electron chi connectivity index (χ3n) is 3.26. The molecule has 17 heavy (non-hydrogen) atoms. The lowest BCUT2D eigenvalue weighted by Gasteiger charge is -2.29. The molecule has 90 valence electrons. The highest BCUT2D eigenvalue weighted by molar-refractivity contribution is 5.57. The predicted octanol–water partition coefficient (Wildman–Crippen LogP) is 3.16. The van der Waals surface area contributed by atoms with Gasteiger partial charge in [0.1, 0.15) is 6.54 Å². The Morgan fingerprint density at radius 1 is 1.41 bits per heavy atom. The molecule has 0 bridgehead atoms. The van der Waals surface area contributed by atoms with E-state index in [9.17, 15) is 0 Å². The molecular weight excluding hydrogens is 208 g/mol. The highest BCUT2D eigenvalue weighted by Gasteiger charge is 2.16. The molecule has 2 rings (SSSR count). The molecule has 2 heteroatoms. The summed E-state index contributed by atoms with van der Waals surface area (Å²) in [5.74, 6) is 0.701. The van der Waals surface area contributed by atoms with Gasteiger partial charge in [-0.25, -0.2) is 0 Å². The SMILES string of the molecule is CC(C)Cc1ccc2c(c1)CCCN2CC#N. The van der Waals surface area contributed by atoms with Crippen molar-refractivity contribution in [2.45, 2.75) is 33.1 Å². The summed E-state index contributed by atoms with van der Waals surface area (Å²) in [4.78, 5) is 2.19. The van der Waals surface area contributed by atoms with Gasteiger partial charge in [0.15, 0.2) is 0 Å². The van der Waals surface area contributed by atoms with Crippen molar-refractivity contribution < 1.29 is 0 Å². The number of rotatable bonds is 3. The van der Waals surface area contributed by atoms with E-state index in [1.807, 2.05) is 0 Å². The van der Waals surface area contributed by atoms with Crippen LogP contribution in [0, 0.1) is 17.2 Å². The number of hydrogen-bond acceptors (Lipinski definition) is 2. The first kappa shape index (κ1) is 12.0. The molecule has 2 nitrogen and oxygen atoms in total. The largest absolute Gasteiger partial charge is 0.358 e. The summed E-state index contributed by atoms with van der Waals surface area (Å²) >= 11 is 0. The maximum Gasteiger partial charge on any atom is 0.105 e. The zero-order valence-electron chi connectivity index (χ0n) is 10.7. The fourth-order valence-corrected chi connectivity index (χ4v) is 2.58. The fraction of sp³-hybridized carbons (Fsp3) is 0.533. The van der Waals surface area contributed by atoms with Gasteiger partial charge >= 0.3 is 0 Å². The van der Waals surface area contributed by atoms with Crippen molar-refractivity contribution in [3.8, 4) is 6.07 Å². The van der Waals surface area contributed by atoms with Gasteiger partial charge in [-0.1, -0.05) is 26.0 Å². The highest BCUT2D eigenvalue weighted by atomic mass is 15.1. The second-order valence-electron chi connectivity index (χ2n) is 5.24. The Morgan fingerprint density at radius 3 is 2.94 bits per heavy atom. The van der Waals surface area contributed by atoms with E-state index < -0.39 is 0 Å². The minimum Gasteiger partial charge on any atom is -0.358 e. The van der Waals surface area contributed by atoms with Gasteiger partial charge in [-0.3, -0.25) is 0 Å². The average molecular weight is 228 g/mol. The van der Waals surface area contributed by atoms with Gasteiger partial charge < -0.3 is 4.90 Å². The van der Waals surface area contributed by atoms with E-state index in [4.69, 9.17) is 5.26 Å². The summed E-state index contributed by atoms with van der Waals surface area (Å²) in [7, 11) is 0. The molecule has 0 N–H and O–H groups in total. The lowest BCUT2D eigenvalue weighted by Crippen LogP contribution is -2.29. The van der Waals surface area contributed by atoms with Crippen LogP contribution in [0.3, 0.4) is 0 Å². The summed E-state index contributed by atoms with van der Waals surface area (Å²) in [6.07, 6.45) is 3.47. The van der Waals surface area contributed by atoms with E-state index in [2.05, 4.69) is 43.0 Å². The highest BCUT2D eigenvalue weighted by Crippen LogP contribution is 2.28. The first-order chi connectivity index (χ1) is 8.20. The second-order valence-corrected chi connectivity index (χ2v) is 5.24. The van der Waals surface area contributed by atoms with Crippen LogP contribution in [0.15, 0.2) is 18.2 Å². The predicted molar refractivity (Wildman–Crippen MR) is 71.1 cm³/mol. The number of nitriles is 1. The summed E-state index contributed by atoms with van der Waals surface area (Å²) in [6, 6.07) is 9.00. The topological polar surface area (TPSA) is 27.0 Å². The summed E-state index contributed by atoms with van der Waals surface area (Å²) in [5, 5.41) is 8.83. The van der Waals surface area contributed by atoms with Crippen LogP contribution >= 0.6 is 0 Å². The van der Waals surface area contributed by atoms with Crippen molar-refractivity contribution >= 4 is 5.69 Å². The minimum atomic E-state index is 0.510. The van der Waals surface area contributed by atoms with Crippen LogP contribution in [0.2, 0.25) is 0 Å². The fourth-order valence-electron chi connectivity index (χ4n) is 2.58. The van der Waals surface area contributed by atoms with E-state index in [-0.39, 0.29) is 0 Å². The van der Waals surface area contributed by atoms with Crippen molar-refractivity contribution in [2.75, 3.05) is 18.0 Å². The van der Waals surface area contributed by atoms with Crippen LogP contribution in [0.1, 0.15) is 31.4 Å². The first-order valence-electron chi connectivity index (χ1n) is 6.44. The van der Waals surface area contributed by atoms with Crippen LogP contribution < -0.4 is 4.90 Å². The van der Waals surface area contributed by atoms with Crippen molar-refractivity contribution in [3.05, 3.63) is 29.3 Å². The molecule has 1 aliphatic heterocycles. The molecule has 1 aromatic carbocycles. The lowest BCUT2D eigenvalue weighted by molar-refractivity contribution is 0.645. The monoisotopic (exact) mass is 228 g/mol. The van der Waals surface area contributed by atoms with Crippen LogP contribution in [0.25, 0.3) is 0 Å². The first-order valence-corrected chi connectivity index (χ1v) is 6.44. The smallest absolute Gasteiger partial charge is 0.105 e. The Labute approximate surface area is 104 Å². The van der Waals surface area contributed by atoms with Gasteiger partial charge in [0.2, 0.25) is 0 Å². The van der Waals surface area contributed by atoms with Crippen LogP contribution in [0.4, 0.5) is 5.69 Å². The summed E-state index contributed by atoms with van der Waals surface area (Å²) in [5.41, 5.74) is 4.12. The van der Waals surface area contributed by atoms with Gasteiger partial charge in [0.25, 0.3) is 0 Å². The minimum absolute atomic E-state index is 0.510. The third kappa shape index (κ3) is 2.79. The van der Waals surface area contributed by atoms with Crippen molar-refractivity contribution in [2.24, 2.45) is 5.92 Å². The third-order valence-corrected chi connectivity index (χ3v) is 3.26. The number of hydrogen-bond donors (Lipinski definition) is 0. The zero-order valence-corrected chi connectivity index (χ0v) is 10.7. The van der Waals surface area contributed by atoms with E-state index in [0.29, 0.717) is 12.5 Å². The molecule has 1 aliphatic rings. The van der Waals surface area contributed by atoms with Gasteiger partial charge in [-0.15, -0.1) is 0 Å². The number of anilines is 1. The van der Waals surface area contributed by atoms with Crippen molar-refractivity contribution in [1.29, 1.82) is 5.26 Å². The summed E-state index contributed by atoms with van der Waals surface area (Å²) < 4.78 is 0. The van der Waals surface area contributed by atoms with Gasteiger partial charge in [0.05, 0.1) is 6.07 Å². The van der Waals surface area contributed by atoms with Gasteiger partial charge in [-0.05, 0) is 42.4 Å². The molecule has 0 amide bonds. The molecule has 0 aliphatic carbocycles. The van der Waals surface area contributed by atoms with Crippen molar-refractivity contribution in [1.82, 2.24) is 0 Å². The number of nitrogens with zero attached hydrogens (tertiary/aromatic N) is 2. The molecule has 0 unspecified atom stereocenters. The lowest BCUT2D eigenvalue weighted by atomic mass is 9.95. The number of benzene rings is 1. The van der Waals surface area contributed by atoms with E-state index in [1.165, 1.54) is 23.2 Å². The van der Waals surface area contributed by atoms with Crippen LogP contribution in [0.5, 0.6) is 0 Å². The molecule has 0 radical (unpaired) electrons. The second kappa shape index (κ2) is 5.23. The van der Waals surface area contributed by atoms with Crippen LogP contribution in [-0.4, -0.2) is 13.1 Å². The van der Waals surface area contributed by atoms with Crippen molar-refractivity contribution in [3.63, 3.8) is 0 Å². The Morgan fingerprint density at radius 2 is 2.24 bits per heavy atom. The zero-order chi connectivity index (χ0) is 12.3. The van der Waals surface area contributed by atoms with E-state index in [1.54, 1.807) is 0 Å². The molecule has 1 aromatic rings.